The molecular weight excluding hydrogens is 362 g/mol. The molecule has 0 saturated heterocycles. The van der Waals surface area contributed by atoms with Gasteiger partial charge in [-0.05, 0) is 0 Å². The van der Waals surface area contributed by atoms with E-state index in [4.69, 9.17) is 0 Å². The Hall–Kier alpha value is 0.710. The van der Waals surface area contributed by atoms with E-state index in [1.165, 1.54) is 38.0 Å². The van der Waals surface area contributed by atoms with Gasteiger partial charge in [-0.15, -0.1) is 0 Å². The van der Waals surface area contributed by atoms with Crippen LogP contribution in [0.15, 0.2) is 0 Å². The van der Waals surface area contributed by atoms with Crippen molar-refractivity contribution in [1.82, 2.24) is 4.90 Å². The van der Waals surface area contributed by atoms with Crippen LogP contribution in [-0.2, 0) is 0 Å². The second kappa shape index (κ2) is 8.37. The first-order valence-corrected chi connectivity index (χ1v) is 10.4. The van der Waals surface area contributed by atoms with Crippen LogP contribution < -0.4 is 0 Å². The van der Waals surface area contributed by atoms with E-state index in [0.29, 0.717) is 10.0 Å². The van der Waals surface area contributed by atoms with E-state index in [1.54, 1.807) is 3.97 Å². The van der Waals surface area contributed by atoms with Gasteiger partial charge in [0.1, 0.15) is 0 Å². The van der Waals surface area contributed by atoms with Crippen LogP contribution in [0.2, 0.25) is 3.97 Å². The molecule has 1 N–H and O–H groups in total. The van der Waals surface area contributed by atoms with E-state index in [-0.39, 0.29) is 27.0 Å². The average Bonchev–Trinajstić information content (AvgIpc) is 2.85. The summed E-state index contributed by atoms with van der Waals surface area (Å²) < 4.78 is 2.15. The molecule has 5 radical (unpaired) electrons. The molecule has 0 aromatic carbocycles. The van der Waals surface area contributed by atoms with Crippen molar-refractivity contribution in [2.45, 2.75) is 61.6 Å². The number of hydrogen-bond donors (Lipinski definition) is 1. The molecule has 0 heterocycles. The summed E-state index contributed by atoms with van der Waals surface area (Å²) in [5.41, 5.74) is 0. The van der Waals surface area contributed by atoms with Gasteiger partial charge < -0.3 is 0 Å². The zero-order valence-electron chi connectivity index (χ0n) is 13.0. The summed E-state index contributed by atoms with van der Waals surface area (Å²) in [4.78, 5) is 2.28. The minimum atomic E-state index is -0.289. The summed E-state index contributed by atoms with van der Waals surface area (Å²) >= 11 is -0.289. The number of hydrogen-bond acceptors (Lipinski definition) is 2. The molecule has 3 atom stereocenters. The average molecular weight is 390 g/mol. The van der Waals surface area contributed by atoms with Crippen molar-refractivity contribution in [3.8, 4) is 0 Å². The Bertz CT molecular complexity index is 284. The van der Waals surface area contributed by atoms with Crippen LogP contribution in [-0.4, -0.2) is 57.2 Å². The number of nitrogens with zero attached hydrogens (tertiary/aromatic N) is 1. The molecule has 0 unspecified atom stereocenters. The molecular formula is C17H28NOTe. The van der Waals surface area contributed by atoms with Crippen LogP contribution >= 0.6 is 0 Å². The van der Waals surface area contributed by atoms with E-state index in [2.05, 4.69) is 45.2 Å². The van der Waals surface area contributed by atoms with Gasteiger partial charge in [0.15, 0.2) is 0 Å². The van der Waals surface area contributed by atoms with Gasteiger partial charge in [0.05, 0.1) is 0 Å². The topological polar surface area (TPSA) is 23.5 Å². The molecule has 113 valence electrons. The molecule has 2 aliphatic carbocycles. The van der Waals surface area contributed by atoms with Gasteiger partial charge in [-0.3, -0.25) is 0 Å². The van der Waals surface area contributed by atoms with Crippen LogP contribution in [0.4, 0.5) is 0 Å². The first kappa shape index (κ1) is 17.1. The predicted octanol–water partition coefficient (Wildman–Crippen LogP) is 2.88. The van der Waals surface area contributed by atoms with Crippen molar-refractivity contribution in [2.75, 3.05) is 14.1 Å². The third kappa shape index (κ3) is 4.60. The van der Waals surface area contributed by atoms with Crippen molar-refractivity contribution < 1.29 is 5.11 Å². The molecule has 3 heteroatoms. The molecule has 0 aliphatic heterocycles. The third-order valence-electron chi connectivity index (χ3n) is 4.48. The minimum absolute atomic E-state index is 0.0462. The third-order valence-corrected chi connectivity index (χ3v) is 8.70. The van der Waals surface area contributed by atoms with E-state index in [9.17, 15) is 5.11 Å². The van der Waals surface area contributed by atoms with Crippen LogP contribution in [0.5, 0.6) is 0 Å². The second-order valence-electron chi connectivity index (χ2n) is 6.20. The van der Waals surface area contributed by atoms with Crippen LogP contribution in [0, 0.1) is 29.1 Å². The predicted molar refractivity (Wildman–Crippen MR) is 85.7 cm³/mol. The van der Waals surface area contributed by atoms with Gasteiger partial charge >= 0.3 is 136 Å². The van der Waals surface area contributed by atoms with Gasteiger partial charge in [0, 0.05) is 0 Å². The van der Waals surface area contributed by atoms with Crippen molar-refractivity contribution >= 4 is 20.9 Å². The van der Waals surface area contributed by atoms with Gasteiger partial charge in [-0.25, -0.2) is 0 Å². The molecule has 2 saturated carbocycles. The van der Waals surface area contributed by atoms with Gasteiger partial charge in [-0.2, -0.15) is 0 Å². The Balaban J connectivity index is 1.92. The van der Waals surface area contributed by atoms with Crippen molar-refractivity contribution in [3.05, 3.63) is 29.1 Å². The van der Waals surface area contributed by atoms with Crippen molar-refractivity contribution in [2.24, 2.45) is 0 Å². The van der Waals surface area contributed by atoms with Crippen LogP contribution in [0.25, 0.3) is 0 Å². The molecule has 20 heavy (non-hydrogen) atoms. The van der Waals surface area contributed by atoms with Gasteiger partial charge in [0.2, 0.25) is 0 Å². The second-order valence-corrected chi connectivity index (χ2v) is 9.86. The molecule has 2 aliphatic rings. The Kier molecular flexibility index (Phi) is 7.14. The first-order chi connectivity index (χ1) is 9.59. The van der Waals surface area contributed by atoms with Crippen LogP contribution in [0.3, 0.4) is 0 Å². The fourth-order valence-electron chi connectivity index (χ4n) is 2.88. The van der Waals surface area contributed by atoms with Gasteiger partial charge in [-0.1, -0.05) is 0 Å². The molecule has 2 rings (SSSR count). The molecule has 0 spiro atoms. The summed E-state index contributed by atoms with van der Waals surface area (Å²) in [7, 11) is 4.29. The van der Waals surface area contributed by atoms with E-state index in [1.807, 2.05) is 0 Å². The van der Waals surface area contributed by atoms with Gasteiger partial charge in [0.25, 0.3) is 0 Å². The molecule has 0 bridgehead atoms. The summed E-state index contributed by atoms with van der Waals surface area (Å²) in [5, 5.41) is 10.4. The first-order valence-electron chi connectivity index (χ1n) is 7.86. The van der Waals surface area contributed by atoms with E-state index in [0.717, 1.165) is 6.42 Å². The fourth-order valence-corrected chi connectivity index (χ4v) is 6.98. The number of rotatable bonds is 4. The standard InChI is InChI=1S/C17H28NOTe/c1-13(18(2)3)14-9-8-12-16(14)20-17-11-7-5-4-6-10-15(17)19/h8-9,12-13,15,17,19H,4-7,10-11H2,1-3H3/t13-,15+,17+/m0/s1. The van der Waals surface area contributed by atoms with Crippen LogP contribution in [0.1, 0.15) is 45.4 Å². The monoisotopic (exact) mass is 392 g/mol. The molecule has 2 nitrogen and oxygen atoms in total. The quantitative estimate of drug-likeness (QED) is 0.747. The molecule has 2 fully saturated rings. The maximum absolute atomic E-state index is 10.4. The fraction of sp³-hybridized carbons (Fsp3) is 0.706. The molecule has 0 aromatic rings. The summed E-state index contributed by atoms with van der Waals surface area (Å²) in [5.74, 6) is 1.49. The summed E-state index contributed by atoms with van der Waals surface area (Å²) in [6.45, 7) is 2.28. The normalized spacial score (nSPS) is 32.2. The molecule has 0 aromatic heterocycles. The Morgan fingerprint density at radius 1 is 1.15 bits per heavy atom. The molecule has 0 amide bonds. The zero-order chi connectivity index (χ0) is 14.5. The number of aliphatic hydroxyl groups excluding tert-OH is 1. The Labute approximate surface area is 135 Å². The summed E-state index contributed by atoms with van der Waals surface area (Å²) in [6.07, 6.45) is 14.2. The van der Waals surface area contributed by atoms with Crippen molar-refractivity contribution in [3.63, 3.8) is 0 Å². The maximum atomic E-state index is 10.4. The summed E-state index contributed by atoms with van der Waals surface area (Å²) in [6, 6.07) is 0.482. The Morgan fingerprint density at radius 3 is 2.55 bits per heavy atom. The Morgan fingerprint density at radius 2 is 1.85 bits per heavy atom. The number of aliphatic hydroxyl groups is 1. The zero-order valence-corrected chi connectivity index (χ0v) is 15.3. The van der Waals surface area contributed by atoms with Crippen molar-refractivity contribution in [1.29, 1.82) is 0 Å². The SMILES string of the molecule is C[C@@H]([C]1[CH][CH][CH][C]1[Te][C@@H]1CCCCCC[C@H]1O)N(C)C. The van der Waals surface area contributed by atoms with E-state index >= 15 is 0 Å². The van der Waals surface area contributed by atoms with E-state index < -0.39 is 0 Å².